The van der Waals surface area contributed by atoms with Crippen molar-refractivity contribution in [2.24, 2.45) is 18.9 Å². The molecule has 3 rings (SSSR count). The first kappa shape index (κ1) is 13.8. The number of imide groups is 2. The molecule has 2 heterocycles. The van der Waals surface area contributed by atoms with Crippen LogP contribution < -0.4 is 5.32 Å². The Morgan fingerprint density at radius 2 is 2.00 bits per heavy atom. The van der Waals surface area contributed by atoms with E-state index in [0.29, 0.717) is 0 Å². The van der Waals surface area contributed by atoms with E-state index in [9.17, 15) is 14.4 Å². The Hall–Kier alpha value is -2.18. The molecule has 1 unspecified atom stereocenters. The van der Waals surface area contributed by atoms with Gasteiger partial charge < -0.3 is 0 Å². The minimum atomic E-state index is -0.720. The van der Waals surface area contributed by atoms with Gasteiger partial charge in [-0.1, -0.05) is 12.8 Å². The van der Waals surface area contributed by atoms with Crippen molar-refractivity contribution in [3.8, 4) is 0 Å². The monoisotopic (exact) mass is 290 g/mol. The largest absolute Gasteiger partial charge is 0.331 e. The minimum Gasteiger partial charge on any atom is -0.277 e. The molecule has 1 aromatic heterocycles. The van der Waals surface area contributed by atoms with E-state index >= 15 is 0 Å². The summed E-state index contributed by atoms with van der Waals surface area (Å²) >= 11 is 0. The summed E-state index contributed by atoms with van der Waals surface area (Å²) in [5, 5.41) is 6.34. The third-order valence-corrected chi connectivity index (χ3v) is 4.26. The van der Waals surface area contributed by atoms with Crippen molar-refractivity contribution in [3.63, 3.8) is 0 Å². The Labute approximate surface area is 122 Å². The summed E-state index contributed by atoms with van der Waals surface area (Å²) < 4.78 is 1.61. The van der Waals surface area contributed by atoms with E-state index in [1.54, 1.807) is 24.1 Å². The molecule has 1 aliphatic heterocycles. The van der Waals surface area contributed by atoms with Crippen molar-refractivity contribution in [1.82, 2.24) is 20.0 Å². The first-order valence-electron chi connectivity index (χ1n) is 7.20. The van der Waals surface area contributed by atoms with E-state index in [1.165, 1.54) is 0 Å². The number of hydrogen-bond acceptors (Lipinski definition) is 4. The lowest BCUT2D eigenvalue weighted by molar-refractivity contribution is -0.145. The lowest BCUT2D eigenvalue weighted by Crippen LogP contribution is -2.58. The number of hydrogen-bond donors (Lipinski definition) is 1. The Balaban J connectivity index is 1.80. The Kier molecular flexibility index (Phi) is 3.48. The second kappa shape index (κ2) is 5.31. The molecule has 0 bridgehead atoms. The number of aryl methyl sites for hydroxylation is 1. The molecular formula is C14H18N4O3. The van der Waals surface area contributed by atoms with Crippen LogP contribution in [0.1, 0.15) is 31.2 Å². The first-order valence-corrected chi connectivity index (χ1v) is 7.20. The topological polar surface area (TPSA) is 84.3 Å². The highest BCUT2D eigenvalue weighted by molar-refractivity contribution is 6.16. The molecule has 4 amide bonds. The van der Waals surface area contributed by atoms with Crippen LogP contribution in [0, 0.1) is 11.8 Å². The maximum absolute atomic E-state index is 12.6. The molecule has 1 saturated heterocycles. The fourth-order valence-electron chi connectivity index (χ4n) is 3.22. The number of amides is 4. The number of barbiturate groups is 1. The average Bonchev–Trinajstić information content (AvgIpc) is 3.06. The fraction of sp³-hybridized carbons (Fsp3) is 0.571. The van der Waals surface area contributed by atoms with E-state index < -0.39 is 17.9 Å². The minimum absolute atomic E-state index is 0.0574. The van der Waals surface area contributed by atoms with Crippen molar-refractivity contribution >= 4 is 17.8 Å². The molecule has 1 aliphatic carbocycles. The average molecular weight is 290 g/mol. The van der Waals surface area contributed by atoms with E-state index in [1.807, 2.05) is 0 Å². The summed E-state index contributed by atoms with van der Waals surface area (Å²) in [4.78, 5) is 37.6. The first-order chi connectivity index (χ1) is 10.1. The normalized spacial score (nSPS) is 23.8. The number of nitrogens with zero attached hydrogens (tertiary/aromatic N) is 3. The lowest BCUT2D eigenvalue weighted by atomic mass is 9.87. The summed E-state index contributed by atoms with van der Waals surface area (Å²) in [5.74, 6) is -1.48. The second-order valence-corrected chi connectivity index (χ2v) is 5.76. The third kappa shape index (κ3) is 2.55. The molecule has 0 radical (unpaired) electrons. The summed E-state index contributed by atoms with van der Waals surface area (Å²) in [6.07, 6.45) is 7.19. The molecule has 21 heavy (non-hydrogen) atoms. The van der Waals surface area contributed by atoms with Gasteiger partial charge >= 0.3 is 6.03 Å². The predicted molar refractivity (Wildman–Crippen MR) is 72.7 cm³/mol. The predicted octanol–water partition coefficient (Wildman–Crippen LogP) is 0.805. The smallest absolute Gasteiger partial charge is 0.277 e. The molecule has 2 aliphatic rings. The lowest BCUT2D eigenvalue weighted by Gasteiger charge is -2.32. The van der Waals surface area contributed by atoms with Crippen molar-refractivity contribution in [3.05, 3.63) is 18.0 Å². The van der Waals surface area contributed by atoms with Gasteiger partial charge in [-0.15, -0.1) is 0 Å². The number of carbonyl (C=O) groups is 3. The van der Waals surface area contributed by atoms with Gasteiger partial charge in [-0.3, -0.25) is 24.5 Å². The van der Waals surface area contributed by atoms with Gasteiger partial charge in [0.1, 0.15) is 5.92 Å². The van der Waals surface area contributed by atoms with E-state index in [4.69, 9.17) is 0 Å². The molecule has 1 saturated carbocycles. The molecule has 112 valence electrons. The van der Waals surface area contributed by atoms with Gasteiger partial charge in [-0.25, -0.2) is 4.79 Å². The summed E-state index contributed by atoms with van der Waals surface area (Å²) in [7, 11) is 1.77. The van der Waals surface area contributed by atoms with Crippen LogP contribution >= 0.6 is 0 Å². The van der Waals surface area contributed by atoms with Crippen molar-refractivity contribution in [2.45, 2.75) is 32.2 Å². The van der Waals surface area contributed by atoms with Crippen molar-refractivity contribution in [2.75, 3.05) is 0 Å². The highest BCUT2D eigenvalue weighted by Crippen LogP contribution is 2.34. The number of carbonyl (C=O) groups excluding carboxylic acids is 3. The standard InChI is InChI=1S/C14H18N4O3/c1-17-7-9(6-15-17)8-18-13(20)11(10-4-2-3-5-10)12(19)16-14(18)21/h6-7,10-11H,2-5,8H2,1H3,(H,16,19,21). The zero-order valence-corrected chi connectivity index (χ0v) is 11.9. The maximum atomic E-state index is 12.6. The number of nitrogens with one attached hydrogen (secondary N) is 1. The molecule has 7 heteroatoms. The van der Waals surface area contributed by atoms with Gasteiger partial charge in [-0.2, -0.15) is 5.10 Å². The van der Waals surface area contributed by atoms with Crippen LogP contribution in [0.5, 0.6) is 0 Å². The SMILES string of the molecule is Cn1cc(CN2C(=O)NC(=O)C(C3CCCC3)C2=O)cn1. The van der Waals surface area contributed by atoms with Crippen LogP contribution in [0.2, 0.25) is 0 Å². The molecular weight excluding hydrogens is 272 g/mol. The number of urea groups is 1. The second-order valence-electron chi connectivity index (χ2n) is 5.76. The maximum Gasteiger partial charge on any atom is 0.331 e. The molecule has 7 nitrogen and oxygen atoms in total. The fourth-order valence-corrected chi connectivity index (χ4v) is 3.22. The molecule has 0 aromatic carbocycles. The van der Waals surface area contributed by atoms with Gasteiger partial charge in [0.05, 0.1) is 12.7 Å². The van der Waals surface area contributed by atoms with Crippen LogP contribution in [-0.4, -0.2) is 32.5 Å². The molecule has 0 spiro atoms. The highest BCUT2D eigenvalue weighted by Gasteiger charge is 2.45. The van der Waals surface area contributed by atoms with Gasteiger partial charge in [0.25, 0.3) is 0 Å². The van der Waals surface area contributed by atoms with Crippen molar-refractivity contribution in [1.29, 1.82) is 0 Å². The molecule has 1 aromatic rings. The third-order valence-electron chi connectivity index (χ3n) is 4.26. The van der Waals surface area contributed by atoms with Crippen LogP contribution in [0.25, 0.3) is 0 Å². The Morgan fingerprint density at radius 3 is 2.62 bits per heavy atom. The molecule has 1 atom stereocenters. The van der Waals surface area contributed by atoms with E-state index in [2.05, 4.69) is 10.4 Å². The number of aromatic nitrogens is 2. The van der Waals surface area contributed by atoms with Crippen LogP contribution in [0.15, 0.2) is 12.4 Å². The zero-order valence-electron chi connectivity index (χ0n) is 11.9. The van der Waals surface area contributed by atoms with E-state index in [0.717, 1.165) is 36.1 Å². The van der Waals surface area contributed by atoms with E-state index in [-0.39, 0.29) is 18.4 Å². The van der Waals surface area contributed by atoms with Gasteiger partial charge in [0, 0.05) is 18.8 Å². The zero-order chi connectivity index (χ0) is 15.0. The molecule has 1 N–H and O–H groups in total. The number of rotatable bonds is 3. The van der Waals surface area contributed by atoms with Gasteiger partial charge in [0.2, 0.25) is 11.8 Å². The highest BCUT2D eigenvalue weighted by atomic mass is 16.2. The van der Waals surface area contributed by atoms with Crippen molar-refractivity contribution < 1.29 is 14.4 Å². The summed E-state index contributed by atoms with van der Waals surface area (Å²) in [5.41, 5.74) is 0.764. The van der Waals surface area contributed by atoms with Gasteiger partial charge in [0.15, 0.2) is 0 Å². The summed E-state index contributed by atoms with van der Waals surface area (Å²) in [6.45, 7) is 0.148. The van der Waals surface area contributed by atoms with Crippen LogP contribution in [0.3, 0.4) is 0 Å². The Morgan fingerprint density at radius 1 is 1.29 bits per heavy atom. The summed E-state index contributed by atoms with van der Waals surface area (Å²) in [6, 6.07) is -0.636. The quantitative estimate of drug-likeness (QED) is 0.835. The Bertz CT molecular complexity index is 589. The molecule has 2 fully saturated rings. The van der Waals surface area contributed by atoms with Crippen LogP contribution in [-0.2, 0) is 23.2 Å². The van der Waals surface area contributed by atoms with Gasteiger partial charge in [-0.05, 0) is 18.8 Å². The van der Waals surface area contributed by atoms with Crippen LogP contribution in [0.4, 0.5) is 4.79 Å².